The Hall–Kier alpha value is -1.43. The van der Waals surface area contributed by atoms with Crippen molar-refractivity contribution < 1.29 is 24.6 Å². The second-order valence-corrected chi connectivity index (χ2v) is 4.64. The quantitative estimate of drug-likeness (QED) is 0.512. The zero-order valence-electron chi connectivity index (χ0n) is 11.5. The molecule has 0 heterocycles. The lowest BCUT2D eigenvalue weighted by Gasteiger charge is -2.15. The van der Waals surface area contributed by atoms with Gasteiger partial charge in [0.1, 0.15) is 11.8 Å². The van der Waals surface area contributed by atoms with Crippen molar-refractivity contribution in [2.24, 2.45) is 0 Å². The minimum absolute atomic E-state index is 0.0185. The summed E-state index contributed by atoms with van der Waals surface area (Å²) in [4.78, 5) is 33.4. The number of unbranched alkanes of at least 4 members (excludes halogenated alkanes) is 1. The number of hydrogen-bond donors (Lipinski definition) is 3. The number of carbonyl (C=O) groups is 3. The number of ketones is 1. The normalized spacial score (nSPS) is 13.6. The van der Waals surface area contributed by atoms with E-state index < -0.39 is 18.1 Å². The third-order valence-electron chi connectivity index (χ3n) is 2.71. The van der Waals surface area contributed by atoms with E-state index in [-0.39, 0.29) is 24.5 Å². The molecule has 0 rings (SSSR count). The fraction of sp³-hybridized carbons (Fsp3) is 0.769. The van der Waals surface area contributed by atoms with Gasteiger partial charge in [0.15, 0.2) is 0 Å². The molecule has 0 aliphatic carbocycles. The third-order valence-corrected chi connectivity index (χ3v) is 2.71. The lowest BCUT2D eigenvalue weighted by atomic mass is 10.1. The third kappa shape index (κ3) is 9.18. The van der Waals surface area contributed by atoms with Crippen LogP contribution >= 0.6 is 0 Å². The second kappa shape index (κ2) is 9.49. The number of carbonyl (C=O) groups excluding carboxylic acids is 2. The van der Waals surface area contributed by atoms with E-state index in [1.807, 2.05) is 0 Å². The van der Waals surface area contributed by atoms with Gasteiger partial charge in [0.2, 0.25) is 5.91 Å². The SMILES string of the molecule is CCC(=O)CCCCC(=O)N[C@H](C[C@@H](C)O)C(=O)O. The molecule has 0 aliphatic rings. The van der Waals surface area contributed by atoms with Crippen LogP contribution in [0.2, 0.25) is 0 Å². The van der Waals surface area contributed by atoms with Crippen molar-refractivity contribution in [1.82, 2.24) is 5.32 Å². The molecule has 19 heavy (non-hydrogen) atoms. The number of aliphatic hydroxyl groups excluding tert-OH is 1. The first kappa shape index (κ1) is 17.6. The fourth-order valence-electron chi connectivity index (χ4n) is 1.61. The highest BCUT2D eigenvalue weighted by molar-refractivity contribution is 5.83. The Morgan fingerprint density at radius 2 is 1.74 bits per heavy atom. The van der Waals surface area contributed by atoms with E-state index in [1.54, 1.807) is 6.92 Å². The molecule has 1 amide bonds. The second-order valence-electron chi connectivity index (χ2n) is 4.64. The van der Waals surface area contributed by atoms with E-state index in [4.69, 9.17) is 10.2 Å². The first-order valence-corrected chi connectivity index (χ1v) is 6.58. The topological polar surface area (TPSA) is 104 Å². The van der Waals surface area contributed by atoms with Crippen LogP contribution in [0.1, 0.15) is 52.4 Å². The smallest absolute Gasteiger partial charge is 0.326 e. The summed E-state index contributed by atoms with van der Waals surface area (Å²) in [6, 6.07) is -1.07. The molecule has 0 radical (unpaired) electrons. The molecule has 0 unspecified atom stereocenters. The molecule has 6 heteroatoms. The van der Waals surface area contributed by atoms with Crippen molar-refractivity contribution in [2.75, 3.05) is 0 Å². The molecular weight excluding hydrogens is 250 g/mol. The van der Waals surface area contributed by atoms with Gasteiger partial charge in [-0.2, -0.15) is 0 Å². The van der Waals surface area contributed by atoms with Gasteiger partial charge in [-0.3, -0.25) is 9.59 Å². The Morgan fingerprint density at radius 3 is 2.21 bits per heavy atom. The fourth-order valence-corrected chi connectivity index (χ4v) is 1.61. The van der Waals surface area contributed by atoms with Crippen molar-refractivity contribution in [3.05, 3.63) is 0 Å². The summed E-state index contributed by atoms with van der Waals surface area (Å²) in [5.74, 6) is -1.36. The average Bonchev–Trinajstić information content (AvgIpc) is 2.32. The van der Waals surface area contributed by atoms with Crippen LogP contribution in [0.15, 0.2) is 0 Å². The Kier molecular flexibility index (Phi) is 8.78. The van der Waals surface area contributed by atoms with Crippen LogP contribution in [-0.2, 0) is 14.4 Å². The average molecular weight is 273 g/mol. The number of aliphatic hydroxyl groups is 1. The van der Waals surface area contributed by atoms with E-state index in [9.17, 15) is 14.4 Å². The summed E-state index contributed by atoms with van der Waals surface area (Å²) < 4.78 is 0. The summed E-state index contributed by atoms with van der Waals surface area (Å²) in [5.41, 5.74) is 0. The van der Waals surface area contributed by atoms with E-state index >= 15 is 0 Å². The predicted molar refractivity (Wildman–Crippen MR) is 69.6 cm³/mol. The van der Waals surface area contributed by atoms with E-state index in [0.717, 1.165) is 0 Å². The minimum atomic E-state index is -1.16. The number of carboxylic acid groups (broad SMARTS) is 1. The Balaban J connectivity index is 3.93. The maximum Gasteiger partial charge on any atom is 0.326 e. The van der Waals surface area contributed by atoms with Gasteiger partial charge >= 0.3 is 5.97 Å². The zero-order valence-corrected chi connectivity index (χ0v) is 11.5. The highest BCUT2D eigenvalue weighted by Gasteiger charge is 2.21. The van der Waals surface area contributed by atoms with Crippen molar-refractivity contribution in [3.8, 4) is 0 Å². The van der Waals surface area contributed by atoms with Crippen LogP contribution in [0, 0.1) is 0 Å². The summed E-state index contributed by atoms with van der Waals surface area (Å²) in [5, 5.41) is 20.4. The molecule has 6 nitrogen and oxygen atoms in total. The summed E-state index contributed by atoms with van der Waals surface area (Å²) in [7, 11) is 0. The molecule has 0 aromatic heterocycles. The molecular formula is C13H23NO5. The molecule has 0 aromatic carbocycles. The van der Waals surface area contributed by atoms with Crippen LogP contribution in [0.5, 0.6) is 0 Å². The predicted octanol–water partition coefficient (Wildman–Crippen LogP) is 0.866. The summed E-state index contributed by atoms with van der Waals surface area (Å²) >= 11 is 0. The molecule has 0 saturated heterocycles. The number of amides is 1. The van der Waals surface area contributed by atoms with Crippen LogP contribution in [0.4, 0.5) is 0 Å². The number of carboxylic acids is 1. The first-order chi connectivity index (χ1) is 8.86. The summed E-state index contributed by atoms with van der Waals surface area (Å²) in [6.45, 7) is 3.26. The molecule has 0 aromatic rings. The maximum atomic E-state index is 11.5. The Labute approximate surface area is 113 Å². The van der Waals surface area contributed by atoms with Crippen LogP contribution in [0.3, 0.4) is 0 Å². The van der Waals surface area contributed by atoms with Crippen molar-refractivity contribution >= 4 is 17.7 Å². The number of Topliss-reactive ketones (excluding diaryl/α,β-unsaturated/α-hetero) is 1. The molecule has 0 saturated carbocycles. The number of nitrogens with one attached hydrogen (secondary N) is 1. The van der Waals surface area contributed by atoms with Gasteiger partial charge in [-0.25, -0.2) is 4.79 Å². The van der Waals surface area contributed by atoms with E-state index in [2.05, 4.69) is 5.32 Å². The lowest BCUT2D eigenvalue weighted by Crippen LogP contribution is -2.42. The standard InChI is InChI=1S/C13H23NO5/c1-3-10(16)6-4-5-7-12(17)14-11(13(18)19)8-9(2)15/h9,11,15H,3-8H2,1-2H3,(H,14,17)(H,18,19)/t9-,11-/m1/s1. The van der Waals surface area contributed by atoms with Crippen LogP contribution < -0.4 is 5.32 Å². The van der Waals surface area contributed by atoms with Gasteiger partial charge in [0, 0.05) is 25.7 Å². The van der Waals surface area contributed by atoms with Gasteiger partial charge in [-0.1, -0.05) is 6.92 Å². The first-order valence-electron chi connectivity index (χ1n) is 6.58. The highest BCUT2D eigenvalue weighted by atomic mass is 16.4. The Morgan fingerprint density at radius 1 is 1.16 bits per heavy atom. The molecule has 0 fully saturated rings. The van der Waals surface area contributed by atoms with Gasteiger partial charge in [0.25, 0.3) is 0 Å². The van der Waals surface area contributed by atoms with Crippen LogP contribution in [-0.4, -0.2) is 40.0 Å². The van der Waals surface area contributed by atoms with Crippen LogP contribution in [0.25, 0.3) is 0 Å². The van der Waals surface area contributed by atoms with Gasteiger partial charge in [-0.15, -0.1) is 0 Å². The van der Waals surface area contributed by atoms with Gasteiger partial charge in [0.05, 0.1) is 6.10 Å². The molecule has 0 bridgehead atoms. The Bertz CT molecular complexity index is 314. The van der Waals surface area contributed by atoms with E-state index in [0.29, 0.717) is 25.7 Å². The largest absolute Gasteiger partial charge is 0.480 e. The van der Waals surface area contributed by atoms with Gasteiger partial charge < -0.3 is 15.5 Å². The molecule has 0 spiro atoms. The molecule has 2 atom stereocenters. The van der Waals surface area contributed by atoms with Crippen molar-refractivity contribution in [2.45, 2.75) is 64.5 Å². The maximum absolute atomic E-state index is 11.5. The number of rotatable bonds is 10. The number of hydrogen-bond acceptors (Lipinski definition) is 4. The number of aliphatic carboxylic acids is 1. The highest BCUT2D eigenvalue weighted by Crippen LogP contribution is 2.04. The summed E-state index contributed by atoms with van der Waals surface area (Å²) in [6.07, 6.45) is 1.54. The van der Waals surface area contributed by atoms with Crippen molar-refractivity contribution in [1.29, 1.82) is 0 Å². The van der Waals surface area contributed by atoms with Crippen molar-refractivity contribution in [3.63, 3.8) is 0 Å². The molecule has 0 aliphatic heterocycles. The zero-order chi connectivity index (χ0) is 14.8. The molecule has 110 valence electrons. The van der Waals surface area contributed by atoms with Gasteiger partial charge in [-0.05, 0) is 19.8 Å². The minimum Gasteiger partial charge on any atom is -0.480 e. The monoisotopic (exact) mass is 273 g/mol. The molecule has 3 N–H and O–H groups in total. The van der Waals surface area contributed by atoms with E-state index in [1.165, 1.54) is 6.92 Å². The lowest BCUT2D eigenvalue weighted by molar-refractivity contribution is -0.142.